The van der Waals surface area contributed by atoms with E-state index in [4.69, 9.17) is 11.6 Å². The maximum atomic E-state index is 10.8. The monoisotopic (exact) mass is 240 g/mol. The van der Waals surface area contributed by atoms with E-state index >= 15 is 0 Å². The number of aromatic nitrogens is 1. The Balaban J connectivity index is 2.38. The molecule has 2 heterocycles. The fourth-order valence-electron chi connectivity index (χ4n) is 2.43. The highest BCUT2D eigenvalue weighted by Gasteiger charge is 2.44. The van der Waals surface area contributed by atoms with Crippen LogP contribution in [0, 0.1) is 11.8 Å². The second-order valence-corrected chi connectivity index (χ2v) is 5.08. The normalized spacial score (nSPS) is 35.0. The fraction of sp³-hybridized carbons (Fsp3) is 0.583. The van der Waals surface area contributed by atoms with Crippen LogP contribution in [0.2, 0.25) is 5.02 Å². The van der Waals surface area contributed by atoms with Crippen molar-refractivity contribution < 1.29 is 5.11 Å². The van der Waals surface area contributed by atoms with Gasteiger partial charge in [0.05, 0.1) is 10.7 Å². The third-order valence-corrected chi connectivity index (χ3v) is 3.76. The van der Waals surface area contributed by atoms with Crippen molar-refractivity contribution in [1.29, 1.82) is 0 Å². The Labute approximate surface area is 101 Å². The minimum absolute atomic E-state index is 0.143. The van der Waals surface area contributed by atoms with Gasteiger partial charge in [-0.2, -0.15) is 0 Å². The molecular formula is C12H17ClN2O. The van der Waals surface area contributed by atoms with Crippen molar-refractivity contribution in [2.24, 2.45) is 11.8 Å². The molecule has 2 rings (SSSR count). The molecule has 2 unspecified atom stereocenters. The second-order valence-electron chi connectivity index (χ2n) is 4.65. The van der Waals surface area contributed by atoms with Gasteiger partial charge in [0, 0.05) is 31.1 Å². The predicted octanol–water partition coefficient (Wildman–Crippen LogP) is 1.80. The number of nitrogens with zero attached hydrogens (tertiary/aromatic N) is 1. The van der Waals surface area contributed by atoms with Crippen LogP contribution in [0.1, 0.15) is 19.5 Å². The van der Waals surface area contributed by atoms with Gasteiger partial charge in [0.1, 0.15) is 5.60 Å². The summed E-state index contributed by atoms with van der Waals surface area (Å²) in [4.78, 5) is 4.26. The summed E-state index contributed by atoms with van der Waals surface area (Å²) < 4.78 is 0. The molecule has 16 heavy (non-hydrogen) atoms. The van der Waals surface area contributed by atoms with E-state index in [2.05, 4.69) is 10.3 Å². The Morgan fingerprint density at radius 3 is 2.50 bits per heavy atom. The molecule has 1 aromatic heterocycles. The van der Waals surface area contributed by atoms with Gasteiger partial charge in [0.15, 0.2) is 0 Å². The van der Waals surface area contributed by atoms with Crippen molar-refractivity contribution in [2.45, 2.75) is 19.4 Å². The summed E-state index contributed by atoms with van der Waals surface area (Å²) >= 11 is 5.81. The summed E-state index contributed by atoms with van der Waals surface area (Å²) in [5.74, 6) is 0.287. The van der Waals surface area contributed by atoms with Crippen LogP contribution in [-0.2, 0) is 5.60 Å². The first-order chi connectivity index (χ1) is 7.55. The zero-order chi connectivity index (χ0) is 11.8. The van der Waals surface area contributed by atoms with Gasteiger partial charge in [0.25, 0.3) is 0 Å². The highest BCUT2D eigenvalue weighted by molar-refractivity contribution is 6.30. The van der Waals surface area contributed by atoms with Crippen molar-refractivity contribution >= 4 is 11.6 Å². The Morgan fingerprint density at radius 2 is 2.00 bits per heavy atom. The van der Waals surface area contributed by atoms with Gasteiger partial charge >= 0.3 is 0 Å². The summed E-state index contributed by atoms with van der Waals surface area (Å²) in [5.41, 5.74) is -0.131. The summed E-state index contributed by atoms with van der Waals surface area (Å²) in [7, 11) is 0. The van der Waals surface area contributed by atoms with Gasteiger partial charge in [-0.15, -0.1) is 0 Å². The van der Waals surface area contributed by atoms with Crippen LogP contribution >= 0.6 is 11.6 Å². The quantitative estimate of drug-likeness (QED) is 0.787. The Morgan fingerprint density at radius 1 is 1.38 bits per heavy atom. The summed E-state index contributed by atoms with van der Waals surface area (Å²) in [6.45, 7) is 5.70. The third-order valence-electron chi connectivity index (χ3n) is 3.54. The summed E-state index contributed by atoms with van der Waals surface area (Å²) in [6, 6.07) is 3.60. The number of aliphatic hydroxyl groups is 1. The van der Waals surface area contributed by atoms with Crippen LogP contribution in [0.3, 0.4) is 0 Å². The lowest BCUT2D eigenvalue weighted by atomic mass is 9.73. The van der Waals surface area contributed by atoms with Crippen molar-refractivity contribution in [3.63, 3.8) is 0 Å². The molecular weight excluding hydrogens is 224 g/mol. The van der Waals surface area contributed by atoms with Crippen LogP contribution in [-0.4, -0.2) is 23.2 Å². The van der Waals surface area contributed by atoms with Gasteiger partial charge in [0.2, 0.25) is 0 Å². The van der Waals surface area contributed by atoms with Crippen molar-refractivity contribution in [3.05, 3.63) is 29.0 Å². The highest BCUT2D eigenvalue weighted by atomic mass is 35.5. The maximum Gasteiger partial charge on any atom is 0.114 e. The van der Waals surface area contributed by atoms with E-state index in [0.29, 0.717) is 5.02 Å². The molecule has 0 bridgehead atoms. The molecule has 4 heteroatoms. The molecule has 2 atom stereocenters. The fourth-order valence-corrected chi connectivity index (χ4v) is 2.54. The van der Waals surface area contributed by atoms with Gasteiger partial charge in [-0.1, -0.05) is 25.4 Å². The number of rotatable bonds is 1. The molecule has 1 saturated heterocycles. The minimum atomic E-state index is -0.851. The van der Waals surface area contributed by atoms with Crippen molar-refractivity contribution in [1.82, 2.24) is 10.3 Å². The SMILES string of the molecule is CC1CNCC(C)C1(O)c1ccc(Cl)cn1. The molecule has 0 aromatic carbocycles. The molecule has 0 spiro atoms. The van der Waals surface area contributed by atoms with Gasteiger partial charge in [-0.25, -0.2) is 0 Å². The number of piperidine rings is 1. The van der Waals surface area contributed by atoms with Crippen molar-refractivity contribution in [3.8, 4) is 0 Å². The molecule has 1 aliphatic heterocycles. The molecule has 88 valence electrons. The molecule has 0 radical (unpaired) electrons. The zero-order valence-corrected chi connectivity index (χ0v) is 10.3. The first-order valence-corrected chi connectivity index (χ1v) is 5.98. The molecule has 1 aromatic rings. The first kappa shape index (κ1) is 11.8. The summed E-state index contributed by atoms with van der Waals surface area (Å²) in [6.07, 6.45) is 1.59. The van der Waals surface area contributed by atoms with Gasteiger partial charge < -0.3 is 10.4 Å². The highest BCUT2D eigenvalue weighted by Crippen LogP contribution is 2.37. The minimum Gasteiger partial charge on any atom is -0.383 e. The molecule has 0 aliphatic carbocycles. The van der Waals surface area contributed by atoms with E-state index in [-0.39, 0.29) is 11.8 Å². The lowest BCUT2D eigenvalue weighted by Crippen LogP contribution is -2.53. The Hall–Kier alpha value is -0.640. The average molecular weight is 241 g/mol. The number of nitrogens with one attached hydrogen (secondary N) is 1. The molecule has 0 amide bonds. The van der Waals surface area contributed by atoms with E-state index in [1.54, 1.807) is 12.3 Å². The number of halogens is 1. The van der Waals surface area contributed by atoms with Crippen LogP contribution in [0.25, 0.3) is 0 Å². The number of hydrogen-bond donors (Lipinski definition) is 2. The van der Waals surface area contributed by atoms with E-state index in [0.717, 1.165) is 18.8 Å². The molecule has 3 nitrogen and oxygen atoms in total. The van der Waals surface area contributed by atoms with Gasteiger partial charge in [-0.05, 0) is 12.1 Å². The zero-order valence-electron chi connectivity index (χ0n) is 9.57. The molecule has 1 aliphatic rings. The predicted molar refractivity (Wildman–Crippen MR) is 64.3 cm³/mol. The number of hydrogen-bond acceptors (Lipinski definition) is 3. The second kappa shape index (κ2) is 4.32. The van der Waals surface area contributed by atoms with Gasteiger partial charge in [-0.3, -0.25) is 4.98 Å². The van der Waals surface area contributed by atoms with Crippen LogP contribution in [0.4, 0.5) is 0 Å². The largest absolute Gasteiger partial charge is 0.383 e. The van der Waals surface area contributed by atoms with Crippen LogP contribution in [0.5, 0.6) is 0 Å². The van der Waals surface area contributed by atoms with E-state index < -0.39 is 5.60 Å². The Kier molecular flexibility index (Phi) is 3.19. The van der Waals surface area contributed by atoms with E-state index in [9.17, 15) is 5.11 Å². The van der Waals surface area contributed by atoms with E-state index in [1.807, 2.05) is 19.9 Å². The lowest BCUT2D eigenvalue weighted by Gasteiger charge is -2.43. The Bertz CT molecular complexity index is 356. The molecule has 1 fully saturated rings. The van der Waals surface area contributed by atoms with Crippen LogP contribution in [0.15, 0.2) is 18.3 Å². The van der Waals surface area contributed by atoms with Crippen molar-refractivity contribution in [2.75, 3.05) is 13.1 Å². The smallest absolute Gasteiger partial charge is 0.114 e. The first-order valence-electron chi connectivity index (χ1n) is 5.60. The molecule has 0 saturated carbocycles. The maximum absolute atomic E-state index is 10.8. The third kappa shape index (κ3) is 1.83. The van der Waals surface area contributed by atoms with Crippen LogP contribution < -0.4 is 5.32 Å². The summed E-state index contributed by atoms with van der Waals surface area (Å²) in [5, 5.41) is 14.7. The standard InChI is InChI=1S/C12H17ClN2O/c1-8-5-14-6-9(2)12(8,16)11-4-3-10(13)7-15-11/h3-4,7-9,14,16H,5-6H2,1-2H3. The average Bonchev–Trinajstić information content (AvgIpc) is 2.27. The topological polar surface area (TPSA) is 45.1 Å². The lowest BCUT2D eigenvalue weighted by molar-refractivity contribution is -0.0840. The number of pyridine rings is 1. The van der Waals surface area contributed by atoms with E-state index in [1.165, 1.54) is 0 Å². The molecule has 2 N–H and O–H groups in total.